The van der Waals surface area contributed by atoms with E-state index in [-0.39, 0.29) is 17.0 Å². The SMILES string of the molecule is O=CNCc1n(CC2=C(C(=O)[O-])N3C(=O)C[C@@H]3SC2)cc2scc[n+]12. The smallest absolute Gasteiger partial charge is 0.282 e. The number of β-lactam (4-membered cyclic amide) rings is 1. The number of nitrogens with one attached hydrogen (secondary N) is 1. The third-order valence-electron chi connectivity index (χ3n) is 4.34. The first-order chi connectivity index (χ1) is 12.1. The highest BCUT2D eigenvalue weighted by Gasteiger charge is 2.43. The molecule has 0 unspecified atom stereocenters. The number of hydrogen-bond acceptors (Lipinski definition) is 6. The van der Waals surface area contributed by atoms with Crippen molar-refractivity contribution in [2.75, 3.05) is 5.75 Å². The molecule has 0 radical (unpaired) electrons. The van der Waals surface area contributed by atoms with Gasteiger partial charge in [-0.05, 0) is 0 Å². The topological polar surface area (TPSA) is 98.6 Å². The molecule has 2 aliphatic rings. The first-order valence-corrected chi connectivity index (χ1v) is 9.54. The van der Waals surface area contributed by atoms with Crippen LogP contribution in [0.4, 0.5) is 0 Å². The number of fused-ring (bicyclic) bond motifs is 2. The summed E-state index contributed by atoms with van der Waals surface area (Å²) >= 11 is 3.11. The molecular formula is C15H14N4O4S2. The van der Waals surface area contributed by atoms with Gasteiger partial charge in [-0.15, -0.1) is 11.8 Å². The number of rotatable bonds is 6. The normalized spacial score (nSPS) is 19.8. The Bertz CT molecular complexity index is 916. The van der Waals surface area contributed by atoms with Gasteiger partial charge in [-0.1, -0.05) is 11.3 Å². The van der Waals surface area contributed by atoms with Crippen LogP contribution in [0.15, 0.2) is 29.0 Å². The van der Waals surface area contributed by atoms with Crippen LogP contribution < -0.4 is 14.8 Å². The van der Waals surface area contributed by atoms with Gasteiger partial charge < -0.3 is 15.2 Å². The quantitative estimate of drug-likeness (QED) is 0.389. The van der Waals surface area contributed by atoms with Gasteiger partial charge in [-0.3, -0.25) is 14.5 Å². The van der Waals surface area contributed by atoms with Crippen molar-refractivity contribution in [2.45, 2.75) is 24.9 Å². The minimum absolute atomic E-state index is 0.00338. The number of hydrogen-bond donors (Lipinski definition) is 1. The maximum atomic E-state index is 11.8. The van der Waals surface area contributed by atoms with Gasteiger partial charge in [0.2, 0.25) is 17.1 Å². The summed E-state index contributed by atoms with van der Waals surface area (Å²) < 4.78 is 3.86. The summed E-state index contributed by atoms with van der Waals surface area (Å²) in [4.78, 5) is 36.4. The molecule has 0 bridgehead atoms. The molecular weight excluding hydrogens is 364 g/mol. The van der Waals surface area contributed by atoms with E-state index in [1.165, 1.54) is 4.90 Å². The molecule has 4 heterocycles. The number of thiazole rings is 1. The summed E-state index contributed by atoms with van der Waals surface area (Å²) in [7, 11) is 0. The number of aromatic nitrogens is 2. The van der Waals surface area contributed by atoms with Crippen LogP contribution in [-0.2, 0) is 27.5 Å². The van der Waals surface area contributed by atoms with Crippen LogP contribution in [0.1, 0.15) is 12.2 Å². The van der Waals surface area contributed by atoms with Crippen molar-refractivity contribution in [1.29, 1.82) is 0 Å². The fourth-order valence-corrected chi connectivity index (χ4v) is 5.24. The lowest BCUT2D eigenvalue weighted by molar-refractivity contribution is -0.518. The van der Waals surface area contributed by atoms with Crippen LogP contribution >= 0.6 is 23.1 Å². The number of carbonyl (C=O) groups excluding carboxylic acids is 3. The average molecular weight is 378 g/mol. The van der Waals surface area contributed by atoms with E-state index in [4.69, 9.17) is 0 Å². The average Bonchev–Trinajstić information content (AvgIpc) is 3.14. The maximum Gasteiger partial charge on any atom is 0.282 e. The predicted octanol–water partition coefficient (Wildman–Crippen LogP) is -1.16. The predicted molar refractivity (Wildman–Crippen MR) is 88.1 cm³/mol. The summed E-state index contributed by atoms with van der Waals surface area (Å²) in [6.45, 7) is 0.651. The molecule has 10 heteroatoms. The zero-order valence-electron chi connectivity index (χ0n) is 13.0. The van der Waals surface area contributed by atoms with E-state index in [1.807, 2.05) is 26.7 Å². The number of amides is 2. The summed E-state index contributed by atoms with van der Waals surface area (Å²) in [5.74, 6) is -0.132. The molecule has 2 amide bonds. The van der Waals surface area contributed by atoms with Gasteiger partial charge in [-0.25, -0.2) is 4.57 Å². The molecule has 1 saturated heterocycles. The van der Waals surface area contributed by atoms with E-state index >= 15 is 0 Å². The Hall–Kier alpha value is -2.33. The van der Waals surface area contributed by atoms with E-state index in [9.17, 15) is 19.5 Å². The van der Waals surface area contributed by atoms with E-state index in [1.54, 1.807) is 23.1 Å². The largest absolute Gasteiger partial charge is 0.543 e. The van der Waals surface area contributed by atoms with Crippen LogP contribution in [0.25, 0.3) is 4.83 Å². The fourth-order valence-electron chi connectivity index (χ4n) is 3.19. The molecule has 1 fully saturated rings. The Kier molecular flexibility index (Phi) is 4.00. The number of aliphatic carboxylic acids is 1. The van der Waals surface area contributed by atoms with Crippen molar-refractivity contribution in [3.63, 3.8) is 0 Å². The van der Waals surface area contributed by atoms with E-state index in [0.717, 1.165) is 10.7 Å². The van der Waals surface area contributed by atoms with Crippen molar-refractivity contribution in [2.24, 2.45) is 0 Å². The van der Waals surface area contributed by atoms with Crippen molar-refractivity contribution < 1.29 is 23.9 Å². The van der Waals surface area contributed by atoms with E-state index in [2.05, 4.69) is 5.32 Å². The van der Waals surface area contributed by atoms with Gasteiger partial charge >= 0.3 is 0 Å². The highest BCUT2D eigenvalue weighted by atomic mass is 32.2. The van der Waals surface area contributed by atoms with Crippen molar-refractivity contribution in [3.8, 4) is 0 Å². The van der Waals surface area contributed by atoms with Gasteiger partial charge in [0.25, 0.3) is 5.82 Å². The summed E-state index contributed by atoms with van der Waals surface area (Å²) in [6, 6.07) is 0. The second-order valence-electron chi connectivity index (χ2n) is 5.76. The van der Waals surface area contributed by atoms with E-state index < -0.39 is 5.97 Å². The molecule has 0 aliphatic carbocycles. The Morgan fingerprint density at radius 3 is 3.08 bits per heavy atom. The summed E-state index contributed by atoms with van der Waals surface area (Å²) in [5.41, 5.74) is 0.640. The molecule has 4 rings (SSSR count). The van der Waals surface area contributed by atoms with Crippen LogP contribution in [0.2, 0.25) is 0 Å². The highest BCUT2D eigenvalue weighted by molar-refractivity contribution is 8.00. The van der Waals surface area contributed by atoms with Crippen LogP contribution in [0.3, 0.4) is 0 Å². The Morgan fingerprint density at radius 1 is 1.52 bits per heavy atom. The number of thioether (sulfide) groups is 1. The molecule has 0 spiro atoms. The highest BCUT2D eigenvalue weighted by Crippen LogP contribution is 2.40. The van der Waals surface area contributed by atoms with Gasteiger partial charge in [0.05, 0.1) is 23.5 Å². The lowest BCUT2D eigenvalue weighted by Gasteiger charge is -2.45. The lowest BCUT2D eigenvalue weighted by atomic mass is 10.1. The molecule has 0 aromatic carbocycles. The zero-order valence-corrected chi connectivity index (χ0v) is 14.6. The number of carboxylic acids is 1. The first kappa shape index (κ1) is 16.2. The van der Waals surface area contributed by atoms with Gasteiger partial charge in [0, 0.05) is 16.7 Å². The molecule has 2 aromatic rings. The molecule has 2 aliphatic heterocycles. The lowest BCUT2D eigenvalue weighted by Crippen LogP contribution is -2.56. The summed E-state index contributed by atoms with van der Waals surface area (Å²) in [6.07, 6.45) is 4.82. The van der Waals surface area contributed by atoms with Crippen LogP contribution in [0.5, 0.6) is 0 Å². The molecule has 130 valence electrons. The molecule has 1 N–H and O–H groups in total. The van der Waals surface area contributed by atoms with Crippen molar-refractivity contribution in [1.82, 2.24) is 14.8 Å². The second kappa shape index (κ2) is 6.19. The molecule has 25 heavy (non-hydrogen) atoms. The molecule has 8 nitrogen and oxygen atoms in total. The third kappa shape index (κ3) is 2.61. The third-order valence-corrected chi connectivity index (χ3v) is 6.42. The maximum absolute atomic E-state index is 11.8. The minimum atomic E-state index is -1.32. The van der Waals surface area contributed by atoms with Gasteiger partial charge in [0.15, 0.2) is 0 Å². The van der Waals surface area contributed by atoms with Crippen LogP contribution in [0, 0.1) is 0 Å². The monoisotopic (exact) mass is 378 g/mol. The van der Waals surface area contributed by atoms with Gasteiger partial charge in [-0.2, -0.15) is 4.40 Å². The fraction of sp³-hybridized carbons (Fsp3) is 0.333. The minimum Gasteiger partial charge on any atom is -0.543 e. The Balaban J connectivity index is 1.73. The molecule has 1 atom stereocenters. The summed E-state index contributed by atoms with van der Waals surface area (Å²) in [5, 5.41) is 16.1. The first-order valence-electron chi connectivity index (χ1n) is 7.61. The zero-order chi connectivity index (χ0) is 17.6. The number of carboxylic acid groups (broad SMARTS) is 1. The van der Waals surface area contributed by atoms with Crippen molar-refractivity contribution >= 4 is 46.2 Å². The standard InChI is InChI=1S/C15H14N4O4S2/c20-8-16-4-10-17(6-13-18(10)1-2-24-13)5-9-7-25-12-3-11(21)19(12)14(9)15(22)23/h1-2,6,8,12H,3-5,7H2,(H-,16,20,22,23)/t12-/m0/s1. The Labute approximate surface area is 150 Å². The van der Waals surface area contributed by atoms with Crippen molar-refractivity contribution in [3.05, 3.63) is 34.9 Å². The Morgan fingerprint density at radius 2 is 2.36 bits per heavy atom. The van der Waals surface area contributed by atoms with E-state index in [0.29, 0.717) is 37.2 Å². The number of carbonyl (C=O) groups is 3. The number of imidazole rings is 1. The van der Waals surface area contributed by atoms with Crippen LogP contribution in [-0.4, -0.2) is 38.9 Å². The molecule has 0 saturated carbocycles. The van der Waals surface area contributed by atoms with Gasteiger partial charge in [0.1, 0.15) is 25.5 Å². The number of nitrogens with zero attached hydrogens (tertiary/aromatic N) is 3. The second-order valence-corrected chi connectivity index (χ2v) is 7.85. The molecule has 2 aromatic heterocycles.